The van der Waals surface area contributed by atoms with Crippen molar-refractivity contribution in [3.05, 3.63) is 0 Å². The van der Waals surface area contributed by atoms with Crippen LogP contribution in [0, 0.1) is 22.7 Å². The smallest absolute Gasteiger partial charge is 0.322 e. The van der Waals surface area contributed by atoms with Crippen LogP contribution < -0.4 is 0 Å². The van der Waals surface area contributed by atoms with Crippen molar-refractivity contribution in [1.29, 1.82) is 0 Å². The van der Waals surface area contributed by atoms with Crippen LogP contribution in [0.4, 0.5) is 0 Å². The predicted octanol–water partition coefficient (Wildman–Crippen LogP) is 3.29. The van der Waals surface area contributed by atoms with Gasteiger partial charge in [0.1, 0.15) is 10.8 Å². The molecule has 0 aromatic carbocycles. The van der Waals surface area contributed by atoms with Crippen LogP contribution in [0.1, 0.15) is 51.4 Å². The lowest BCUT2D eigenvalue weighted by molar-refractivity contribution is -0.195. The van der Waals surface area contributed by atoms with Crippen molar-refractivity contribution in [2.75, 3.05) is 0 Å². The molecule has 0 saturated heterocycles. The molecule has 0 radical (unpaired) electrons. The van der Waals surface area contributed by atoms with Gasteiger partial charge in [0.05, 0.1) is 0 Å². The van der Waals surface area contributed by atoms with Gasteiger partial charge in [-0.15, -0.1) is 0 Å². The Hall–Kier alpha value is -0.850. The maximum atomic E-state index is 12.6. The van der Waals surface area contributed by atoms with E-state index < -0.39 is 32.9 Å². The number of rotatable bonds is 8. The number of Topliss-reactive ketones (excluding diaryl/α,β-unsaturated/α-hetero) is 2. The molecule has 0 heterocycles. The highest BCUT2D eigenvalue weighted by molar-refractivity contribution is 6.68. The Morgan fingerprint density at radius 3 is 1.30 bits per heavy atom. The zero-order chi connectivity index (χ0) is 19.6. The molecule has 0 aromatic heterocycles. The summed E-state index contributed by atoms with van der Waals surface area (Å²) in [5, 5.41) is 0. The van der Waals surface area contributed by atoms with Crippen molar-refractivity contribution in [2.24, 2.45) is 22.7 Å². The van der Waals surface area contributed by atoms with Gasteiger partial charge in [-0.3, -0.25) is 19.2 Å². The summed E-state index contributed by atoms with van der Waals surface area (Å²) >= 11 is 17.5. The summed E-state index contributed by atoms with van der Waals surface area (Å²) in [7, 11) is 0. The fraction of sp³-hybridized carbons (Fsp3) is 0.778. The molecular formula is C18H19Cl3O6. The number of ether oxygens (including phenoxy) is 2. The molecule has 0 N–H and O–H groups in total. The molecule has 9 heteroatoms. The molecule has 148 valence electrons. The first kappa shape index (κ1) is 19.5. The number of hydrogen-bond acceptors (Lipinski definition) is 6. The van der Waals surface area contributed by atoms with E-state index in [0.29, 0.717) is 25.7 Å². The van der Waals surface area contributed by atoms with E-state index in [9.17, 15) is 19.2 Å². The Balaban J connectivity index is 1.44. The van der Waals surface area contributed by atoms with Gasteiger partial charge in [0.2, 0.25) is 0 Å². The minimum absolute atomic E-state index is 0.111. The summed E-state index contributed by atoms with van der Waals surface area (Å²) < 4.78 is 8.13. The van der Waals surface area contributed by atoms with Crippen molar-refractivity contribution in [2.45, 2.75) is 61.4 Å². The van der Waals surface area contributed by atoms with E-state index in [4.69, 9.17) is 44.3 Å². The van der Waals surface area contributed by atoms with Crippen LogP contribution in [0.25, 0.3) is 0 Å². The highest BCUT2D eigenvalue weighted by Gasteiger charge is 2.64. The number of halogens is 3. The first-order valence-electron chi connectivity index (χ1n) is 9.18. The van der Waals surface area contributed by atoms with Crippen LogP contribution in [0.3, 0.4) is 0 Å². The second-order valence-electron chi connectivity index (χ2n) is 8.13. The lowest BCUT2D eigenvalue weighted by Crippen LogP contribution is -2.42. The number of ketones is 2. The summed E-state index contributed by atoms with van der Waals surface area (Å²) in [6, 6.07) is 0. The van der Waals surface area contributed by atoms with E-state index >= 15 is 0 Å². The number of alkyl halides is 3. The lowest BCUT2D eigenvalue weighted by Gasteiger charge is -2.27. The molecule has 4 saturated carbocycles. The normalized spacial score (nSPS) is 24.9. The molecular weight excluding hydrogens is 419 g/mol. The average molecular weight is 438 g/mol. The second kappa shape index (κ2) is 6.33. The van der Waals surface area contributed by atoms with Crippen molar-refractivity contribution >= 4 is 58.3 Å². The largest absolute Gasteiger partial charge is 0.420 e. The van der Waals surface area contributed by atoms with Crippen LogP contribution in [0.2, 0.25) is 0 Å². The third-order valence-electron chi connectivity index (χ3n) is 5.82. The number of carbonyl (C=O) groups excluding carboxylic acids is 4. The zero-order valence-electron chi connectivity index (χ0n) is 14.5. The molecule has 4 rings (SSSR count). The second-order valence-corrected chi connectivity index (χ2v) is 10.5. The summed E-state index contributed by atoms with van der Waals surface area (Å²) in [5.41, 5.74) is -2.41. The quantitative estimate of drug-likeness (QED) is 0.251. The Morgan fingerprint density at radius 2 is 1.07 bits per heavy atom. The predicted molar refractivity (Wildman–Crippen MR) is 95.1 cm³/mol. The SMILES string of the molecule is O=C(OC(OC(=O)C1(C(=O)C2CC2)CC1)C(Cl)(Cl)Cl)C1(C(=O)C2CC2)CC1. The molecule has 4 fully saturated rings. The van der Waals surface area contributed by atoms with Crippen molar-refractivity contribution in [1.82, 2.24) is 0 Å². The van der Waals surface area contributed by atoms with Crippen LogP contribution in [-0.2, 0) is 28.7 Å². The van der Waals surface area contributed by atoms with E-state index in [1.807, 2.05) is 0 Å². The van der Waals surface area contributed by atoms with E-state index in [1.165, 1.54) is 0 Å². The van der Waals surface area contributed by atoms with Gasteiger partial charge in [-0.25, -0.2) is 0 Å². The number of hydrogen-bond donors (Lipinski definition) is 0. The van der Waals surface area contributed by atoms with Crippen LogP contribution >= 0.6 is 34.8 Å². The molecule has 4 aliphatic carbocycles. The minimum Gasteiger partial charge on any atom is -0.420 e. The molecule has 0 atom stereocenters. The van der Waals surface area contributed by atoms with Crippen LogP contribution in [0.5, 0.6) is 0 Å². The zero-order valence-corrected chi connectivity index (χ0v) is 16.7. The molecule has 0 aromatic rings. The molecule has 0 spiro atoms. The standard InChI is InChI=1S/C18H19Cl3O6/c19-18(20,21)15(26-13(24)16(5-6-16)11(22)9-1-2-9)27-14(25)17(7-8-17)12(23)10-3-4-10/h9-10,15H,1-8H2. The van der Waals surface area contributed by atoms with Gasteiger partial charge in [0.15, 0.2) is 11.6 Å². The Kier molecular flexibility index (Phi) is 4.56. The van der Waals surface area contributed by atoms with Gasteiger partial charge in [-0.1, -0.05) is 34.8 Å². The van der Waals surface area contributed by atoms with Crippen molar-refractivity contribution < 1.29 is 28.7 Å². The Morgan fingerprint density at radius 1 is 0.741 bits per heavy atom. The average Bonchev–Trinajstić information content (AvgIpc) is 3.50. The number of esters is 2. The van der Waals surface area contributed by atoms with Gasteiger partial charge < -0.3 is 9.47 Å². The first-order valence-corrected chi connectivity index (χ1v) is 10.3. The molecule has 0 bridgehead atoms. The molecule has 4 aliphatic rings. The van der Waals surface area contributed by atoms with Crippen molar-refractivity contribution in [3.63, 3.8) is 0 Å². The van der Waals surface area contributed by atoms with Gasteiger partial charge in [-0.05, 0) is 51.4 Å². The molecule has 0 unspecified atom stereocenters. The van der Waals surface area contributed by atoms with Gasteiger partial charge in [0, 0.05) is 11.8 Å². The van der Waals surface area contributed by atoms with Crippen LogP contribution in [-0.4, -0.2) is 33.6 Å². The monoisotopic (exact) mass is 436 g/mol. The maximum Gasteiger partial charge on any atom is 0.322 e. The summed E-state index contributed by atoms with van der Waals surface area (Å²) in [6.07, 6.45) is 2.78. The summed E-state index contributed by atoms with van der Waals surface area (Å²) in [4.78, 5) is 49.9. The Labute approximate surface area is 171 Å². The van der Waals surface area contributed by atoms with Gasteiger partial charge in [-0.2, -0.15) is 0 Å². The highest BCUT2D eigenvalue weighted by Crippen LogP contribution is 2.55. The molecule has 0 amide bonds. The molecule has 6 nitrogen and oxygen atoms in total. The molecule has 0 aliphatic heterocycles. The fourth-order valence-corrected chi connectivity index (χ4v) is 3.67. The summed E-state index contributed by atoms with van der Waals surface area (Å²) in [5.74, 6) is -2.18. The molecule has 27 heavy (non-hydrogen) atoms. The van der Waals surface area contributed by atoms with Crippen LogP contribution in [0.15, 0.2) is 0 Å². The summed E-state index contributed by atoms with van der Waals surface area (Å²) in [6.45, 7) is 0. The highest BCUT2D eigenvalue weighted by atomic mass is 35.6. The van der Waals surface area contributed by atoms with Gasteiger partial charge in [0.25, 0.3) is 10.1 Å². The van der Waals surface area contributed by atoms with E-state index in [2.05, 4.69) is 0 Å². The van der Waals surface area contributed by atoms with Gasteiger partial charge >= 0.3 is 11.9 Å². The lowest BCUT2D eigenvalue weighted by atomic mass is 9.97. The van der Waals surface area contributed by atoms with E-state index in [-0.39, 0.29) is 23.4 Å². The third kappa shape index (κ3) is 3.60. The number of carbonyl (C=O) groups is 4. The Bertz CT molecular complexity index is 657. The fourth-order valence-electron chi connectivity index (χ4n) is 3.40. The van der Waals surface area contributed by atoms with E-state index in [0.717, 1.165) is 25.7 Å². The van der Waals surface area contributed by atoms with E-state index in [1.54, 1.807) is 0 Å². The first-order chi connectivity index (χ1) is 12.6. The van der Waals surface area contributed by atoms with Crippen molar-refractivity contribution in [3.8, 4) is 0 Å². The topological polar surface area (TPSA) is 86.7 Å². The maximum absolute atomic E-state index is 12.6. The third-order valence-corrected chi connectivity index (χ3v) is 6.35. The minimum atomic E-state index is -2.23.